The standard InChI is InChI=1S/C21H25N5/c1-17(19-9-5-3-6-10-19)13-23-21(22-2)24-14-18-15-25-26(16-18)20-11-7-4-8-12-20/h3-12,15-17H,13-14H2,1-2H3,(H2,22,23,24). The Morgan fingerprint density at radius 3 is 2.42 bits per heavy atom. The van der Waals surface area contributed by atoms with Crippen LogP contribution in [0.15, 0.2) is 78.0 Å². The van der Waals surface area contributed by atoms with E-state index < -0.39 is 0 Å². The lowest BCUT2D eigenvalue weighted by Gasteiger charge is -2.16. The van der Waals surface area contributed by atoms with Crippen LogP contribution < -0.4 is 10.6 Å². The number of guanidine groups is 1. The quantitative estimate of drug-likeness (QED) is 0.531. The molecule has 0 spiro atoms. The predicted molar refractivity (Wildman–Crippen MR) is 107 cm³/mol. The van der Waals surface area contributed by atoms with Crippen LogP contribution in [0.4, 0.5) is 0 Å². The summed E-state index contributed by atoms with van der Waals surface area (Å²) in [4.78, 5) is 4.30. The summed E-state index contributed by atoms with van der Waals surface area (Å²) in [6, 6.07) is 20.6. The molecule has 0 aliphatic carbocycles. The van der Waals surface area contributed by atoms with E-state index in [9.17, 15) is 0 Å². The largest absolute Gasteiger partial charge is 0.356 e. The van der Waals surface area contributed by atoms with E-state index in [0.717, 1.165) is 23.8 Å². The second-order valence-corrected chi connectivity index (χ2v) is 6.25. The number of aliphatic imine (C=N–C) groups is 1. The fraction of sp³-hybridized carbons (Fsp3) is 0.238. The molecule has 5 heteroatoms. The van der Waals surface area contributed by atoms with Crippen molar-refractivity contribution in [2.45, 2.75) is 19.4 Å². The minimum Gasteiger partial charge on any atom is -0.356 e. The van der Waals surface area contributed by atoms with Crippen LogP contribution in [0.3, 0.4) is 0 Å². The van der Waals surface area contributed by atoms with Crippen LogP contribution in [0.5, 0.6) is 0 Å². The summed E-state index contributed by atoms with van der Waals surface area (Å²) in [5, 5.41) is 11.2. The van der Waals surface area contributed by atoms with Crippen molar-refractivity contribution in [1.29, 1.82) is 0 Å². The highest BCUT2D eigenvalue weighted by molar-refractivity contribution is 5.79. The SMILES string of the molecule is CN=C(NCc1cnn(-c2ccccc2)c1)NCC(C)c1ccccc1. The van der Waals surface area contributed by atoms with Crippen LogP contribution in [0.2, 0.25) is 0 Å². The molecular weight excluding hydrogens is 322 g/mol. The number of rotatable bonds is 6. The van der Waals surface area contributed by atoms with Crippen LogP contribution in [0, 0.1) is 0 Å². The van der Waals surface area contributed by atoms with Gasteiger partial charge in [-0.3, -0.25) is 4.99 Å². The first-order valence-electron chi connectivity index (χ1n) is 8.84. The van der Waals surface area contributed by atoms with Crippen molar-refractivity contribution in [2.75, 3.05) is 13.6 Å². The average Bonchev–Trinajstić information content (AvgIpc) is 3.18. The average molecular weight is 347 g/mol. The van der Waals surface area contributed by atoms with E-state index in [1.54, 1.807) is 7.05 Å². The zero-order chi connectivity index (χ0) is 18.2. The second-order valence-electron chi connectivity index (χ2n) is 6.25. The van der Waals surface area contributed by atoms with Gasteiger partial charge in [-0.2, -0.15) is 5.10 Å². The van der Waals surface area contributed by atoms with Crippen LogP contribution in [0.25, 0.3) is 5.69 Å². The molecule has 134 valence electrons. The van der Waals surface area contributed by atoms with Gasteiger partial charge in [0.15, 0.2) is 5.96 Å². The maximum Gasteiger partial charge on any atom is 0.191 e. The fourth-order valence-electron chi connectivity index (χ4n) is 2.73. The van der Waals surface area contributed by atoms with Crippen molar-refractivity contribution in [2.24, 2.45) is 4.99 Å². The van der Waals surface area contributed by atoms with Gasteiger partial charge in [0.1, 0.15) is 0 Å². The van der Waals surface area contributed by atoms with E-state index in [4.69, 9.17) is 0 Å². The lowest BCUT2D eigenvalue weighted by molar-refractivity contribution is 0.699. The van der Waals surface area contributed by atoms with Gasteiger partial charge in [0, 0.05) is 31.9 Å². The van der Waals surface area contributed by atoms with Crippen molar-refractivity contribution in [3.8, 4) is 5.69 Å². The van der Waals surface area contributed by atoms with Gasteiger partial charge in [0.25, 0.3) is 0 Å². The highest BCUT2D eigenvalue weighted by Gasteiger charge is 2.07. The number of hydrogen-bond donors (Lipinski definition) is 2. The first kappa shape index (κ1) is 17.7. The smallest absolute Gasteiger partial charge is 0.191 e. The Morgan fingerprint density at radius 2 is 1.73 bits per heavy atom. The summed E-state index contributed by atoms with van der Waals surface area (Å²) in [6.45, 7) is 3.71. The molecule has 0 amide bonds. The topological polar surface area (TPSA) is 54.2 Å². The Bertz CT molecular complexity index is 824. The second kappa shape index (κ2) is 8.85. The summed E-state index contributed by atoms with van der Waals surface area (Å²) in [5.41, 5.74) is 3.48. The fourth-order valence-corrected chi connectivity index (χ4v) is 2.73. The Balaban J connectivity index is 1.51. The minimum absolute atomic E-state index is 0.413. The lowest BCUT2D eigenvalue weighted by atomic mass is 10.0. The highest BCUT2D eigenvalue weighted by Crippen LogP contribution is 2.13. The van der Waals surface area contributed by atoms with Gasteiger partial charge in [0.05, 0.1) is 11.9 Å². The van der Waals surface area contributed by atoms with E-state index in [1.807, 2.05) is 53.5 Å². The van der Waals surface area contributed by atoms with Gasteiger partial charge in [-0.1, -0.05) is 55.5 Å². The van der Waals surface area contributed by atoms with E-state index in [1.165, 1.54) is 5.56 Å². The van der Waals surface area contributed by atoms with Gasteiger partial charge in [-0.15, -0.1) is 0 Å². The maximum absolute atomic E-state index is 4.42. The maximum atomic E-state index is 4.42. The molecule has 5 nitrogen and oxygen atoms in total. The van der Waals surface area contributed by atoms with Gasteiger partial charge in [0.2, 0.25) is 0 Å². The molecule has 26 heavy (non-hydrogen) atoms. The molecule has 0 saturated heterocycles. The van der Waals surface area contributed by atoms with Gasteiger partial charge in [-0.05, 0) is 23.6 Å². The molecule has 0 bridgehead atoms. The summed E-state index contributed by atoms with van der Waals surface area (Å²) in [7, 11) is 1.79. The van der Waals surface area contributed by atoms with E-state index in [0.29, 0.717) is 12.5 Å². The molecule has 3 aromatic rings. The van der Waals surface area contributed by atoms with Crippen molar-refractivity contribution in [1.82, 2.24) is 20.4 Å². The molecule has 0 aliphatic rings. The first-order chi connectivity index (χ1) is 12.8. The monoisotopic (exact) mass is 347 g/mol. The third-order valence-electron chi connectivity index (χ3n) is 4.28. The minimum atomic E-state index is 0.413. The molecule has 0 saturated carbocycles. The van der Waals surface area contributed by atoms with Crippen LogP contribution in [-0.2, 0) is 6.54 Å². The molecule has 1 atom stereocenters. The normalized spacial score (nSPS) is 12.6. The van der Waals surface area contributed by atoms with Crippen LogP contribution in [0.1, 0.15) is 24.0 Å². The van der Waals surface area contributed by atoms with Crippen molar-refractivity contribution >= 4 is 5.96 Å². The molecule has 0 radical (unpaired) electrons. The molecule has 1 heterocycles. The van der Waals surface area contributed by atoms with E-state index >= 15 is 0 Å². The van der Waals surface area contributed by atoms with Gasteiger partial charge >= 0.3 is 0 Å². The molecule has 2 N–H and O–H groups in total. The molecule has 2 aromatic carbocycles. The third kappa shape index (κ3) is 4.72. The third-order valence-corrected chi connectivity index (χ3v) is 4.28. The van der Waals surface area contributed by atoms with Gasteiger partial charge in [-0.25, -0.2) is 4.68 Å². The Kier molecular flexibility index (Phi) is 6.04. The summed E-state index contributed by atoms with van der Waals surface area (Å²) < 4.78 is 1.88. The molecule has 0 fully saturated rings. The van der Waals surface area contributed by atoms with E-state index in [-0.39, 0.29) is 0 Å². The van der Waals surface area contributed by atoms with Crippen molar-refractivity contribution < 1.29 is 0 Å². The number of nitrogens with zero attached hydrogens (tertiary/aromatic N) is 3. The van der Waals surface area contributed by atoms with Gasteiger partial charge < -0.3 is 10.6 Å². The summed E-state index contributed by atoms with van der Waals surface area (Å²) >= 11 is 0. The molecule has 1 aromatic heterocycles. The zero-order valence-corrected chi connectivity index (χ0v) is 15.3. The number of benzene rings is 2. The highest BCUT2D eigenvalue weighted by atomic mass is 15.3. The summed E-state index contributed by atoms with van der Waals surface area (Å²) in [5.74, 6) is 1.20. The number of nitrogens with one attached hydrogen (secondary N) is 2. The van der Waals surface area contributed by atoms with Crippen molar-refractivity contribution in [3.63, 3.8) is 0 Å². The zero-order valence-electron chi connectivity index (χ0n) is 15.3. The van der Waals surface area contributed by atoms with Crippen LogP contribution >= 0.6 is 0 Å². The van der Waals surface area contributed by atoms with Crippen molar-refractivity contribution in [3.05, 3.63) is 84.2 Å². The Labute approximate surface area is 154 Å². The predicted octanol–water partition coefficient (Wildman–Crippen LogP) is 3.34. The number of para-hydroxylation sites is 1. The number of hydrogen-bond acceptors (Lipinski definition) is 2. The molecule has 1 unspecified atom stereocenters. The van der Waals surface area contributed by atoms with Crippen LogP contribution in [-0.4, -0.2) is 29.3 Å². The molecular formula is C21H25N5. The lowest BCUT2D eigenvalue weighted by Crippen LogP contribution is -2.38. The first-order valence-corrected chi connectivity index (χ1v) is 8.84. The Morgan fingerprint density at radius 1 is 1.04 bits per heavy atom. The Hall–Kier alpha value is -3.08. The summed E-state index contributed by atoms with van der Waals surface area (Å²) in [6.07, 6.45) is 3.90. The van der Waals surface area contributed by atoms with E-state index in [2.05, 4.69) is 51.9 Å². The molecule has 0 aliphatic heterocycles. The number of aromatic nitrogens is 2. The molecule has 3 rings (SSSR count).